The molecule has 0 aliphatic carbocycles. The Bertz CT molecular complexity index is 769. The summed E-state index contributed by atoms with van der Waals surface area (Å²) in [7, 11) is 0. The minimum atomic E-state index is -0.680. The van der Waals surface area contributed by atoms with E-state index in [0.29, 0.717) is 13.0 Å². The number of carbonyl (C=O) groups excluding carboxylic acids is 2. The van der Waals surface area contributed by atoms with Crippen LogP contribution in [-0.2, 0) is 16.1 Å². The number of hydrogen-bond donors (Lipinski definition) is 2. The molecule has 1 fully saturated rings. The van der Waals surface area contributed by atoms with Gasteiger partial charge in [-0.1, -0.05) is 42.0 Å². The first-order chi connectivity index (χ1) is 12.5. The van der Waals surface area contributed by atoms with Crippen LogP contribution in [0.3, 0.4) is 0 Å². The van der Waals surface area contributed by atoms with E-state index < -0.39 is 6.04 Å². The zero-order valence-electron chi connectivity index (χ0n) is 15.1. The molecule has 5 heteroatoms. The molecule has 0 saturated carbocycles. The fourth-order valence-electron chi connectivity index (χ4n) is 3.10. The lowest BCUT2D eigenvalue weighted by Crippen LogP contribution is -2.35. The van der Waals surface area contributed by atoms with Crippen molar-refractivity contribution in [1.82, 2.24) is 5.32 Å². The predicted molar refractivity (Wildman–Crippen MR) is 103 cm³/mol. The first-order valence-corrected chi connectivity index (χ1v) is 9.04. The highest BCUT2D eigenvalue weighted by Crippen LogP contribution is 2.21. The summed E-state index contributed by atoms with van der Waals surface area (Å²) in [6, 6.07) is 14.7. The van der Waals surface area contributed by atoms with Crippen LogP contribution in [0.5, 0.6) is 0 Å². The molecule has 1 saturated heterocycles. The van der Waals surface area contributed by atoms with E-state index in [-0.39, 0.29) is 11.8 Å². The molecular weight excluding hydrogens is 326 g/mol. The molecule has 1 atom stereocenters. The molecule has 1 heterocycles. The predicted octanol–water partition coefficient (Wildman–Crippen LogP) is 2.83. The van der Waals surface area contributed by atoms with E-state index in [1.165, 1.54) is 0 Å². The van der Waals surface area contributed by atoms with Crippen LogP contribution in [0, 0.1) is 6.92 Å². The quantitative estimate of drug-likeness (QED) is 0.870. The monoisotopic (exact) mass is 351 g/mol. The van der Waals surface area contributed by atoms with Gasteiger partial charge in [-0.3, -0.25) is 9.59 Å². The lowest BCUT2D eigenvalue weighted by atomic mass is 10.1. The van der Waals surface area contributed by atoms with Gasteiger partial charge in [-0.05, 0) is 43.0 Å². The third-order valence-corrected chi connectivity index (χ3v) is 4.76. The molecule has 136 valence electrons. The Morgan fingerprint density at radius 2 is 1.81 bits per heavy atom. The molecule has 3 rings (SSSR count). The fraction of sp³-hybridized carbons (Fsp3) is 0.333. The molecule has 2 aromatic carbocycles. The Balaban J connectivity index is 1.56. The summed E-state index contributed by atoms with van der Waals surface area (Å²) in [5.41, 5.74) is 9.86. The third-order valence-electron chi connectivity index (χ3n) is 4.76. The molecule has 3 N–H and O–H groups in total. The van der Waals surface area contributed by atoms with Crippen molar-refractivity contribution < 1.29 is 9.59 Å². The minimum Gasteiger partial charge on any atom is -0.350 e. The molecule has 0 radical (unpaired) electrons. The Kier molecular flexibility index (Phi) is 5.68. The second-order valence-electron chi connectivity index (χ2n) is 6.78. The first-order valence-electron chi connectivity index (χ1n) is 9.04. The summed E-state index contributed by atoms with van der Waals surface area (Å²) < 4.78 is 0. The molecule has 5 nitrogen and oxygen atoms in total. The van der Waals surface area contributed by atoms with Gasteiger partial charge in [0.25, 0.3) is 0 Å². The maximum atomic E-state index is 12.3. The largest absolute Gasteiger partial charge is 0.350 e. The molecule has 2 aromatic rings. The number of nitrogens with two attached hydrogens (primary N) is 1. The van der Waals surface area contributed by atoms with Gasteiger partial charge in [-0.15, -0.1) is 0 Å². The van der Waals surface area contributed by atoms with Crippen LogP contribution in [0.25, 0.3) is 0 Å². The summed E-state index contributed by atoms with van der Waals surface area (Å²) in [6.07, 6.45) is 2.63. The zero-order valence-corrected chi connectivity index (χ0v) is 15.1. The first kappa shape index (κ1) is 18.1. The van der Waals surface area contributed by atoms with Gasteiger partial charge in [0, 0.05) is 25.2 Å². The van der Waals surface area contributed by atoms with Crippen molar-refractivity contribution in [2.75, 3.05) is 11.4 Å². The summed E-state index contributed by atoms with van der Waals surface area (Å²) in [5.74, 6) is -0.0227. The van der Waals surface area contributed by atoms with Gasteiger partial charge in [0.15, 0.2) is 0 Å². The van der Waals surface area contributed by atoms with Gasteiger partial charge >= 0.3 is 0 Å². The molecule has 0 bridgehead atoms. The van der Waals surface area contributed by atoms with Crippen LogP contribution in [0.4, 0.5) is 5.69 Å². The number of benzene rings is 2. The van der Waals surface area contributed by atoms with E-state index in [1.807, 2.05) is 60.4 Å². The van der Waals surface area contributed by atoms with Gasteiger partial charge in [-0.2, -0.15) is 0 Å². The van der Waals surface area contributed by atoms with E-state index >= 15 is 0 Å². The number of aryl methyl sites for hydroxylation is 1. The number of amides is 2. The highest BCUT2D eigenvalue weighted by atomic mass is 16.2. The average molecular weight is 351 g/mol. The van der Waals surface area contributed by atoms with Crippen molar-refractivity contribution in [2.24, 2.45) is 5.73 Å². The highest BCUT2D eigenvalue weighted by molar-refractivity contribution is 5.94. The van der Waals surface area contributed by atoms with Crippen LogP contribution in [0.15, 0.2) is 48.5 Å². The topological polar surface area (TPSA) is 75.4 Å². The second kappa shape index (κ2) is 8.15. The maximum Gasteiger partial charge on any atom is 0.241 e. The summed E-state index contributed by atoms with van der Waals surface area (Å²) in [5, 5.41) is 2.88. The number of hydrogen-bond acceptors (Lipinski definition) is 3. The molecule has 1 unspecified atom stereocenters. The van der Waals surface area contributed by atoms with Crippen molar-refractivity contribution in [2.45, 2.75) is 38.8 Å². The Morgan fingerprint density at radius 1 is 1.12 bits per heavy atom. The Labute approximate surface area is 154 Å². The van der Waals surface area contributed by atoms with Crippen LogP contribution in [-0.4, -0.2) is 18.4 Å². The number of anilines is 1. The smallest absolute Gasteiger partial charge is 0.241 e. The number of rotatable bonds is 5. The van der Waals surface area contributed by atoms with E-state index in [2.05, 4.69) is 5.32 Å². The highest BCUT2D eigenvalue weighted by Gasteiger charge is 2.19. The van der Waals surface area contributed by atoms with Gasteiger partial charge in [-0.25, -0.2) is 0 Å². The van der Waals surface area contributed by atoms with E-state index in [0.717, 1.165) is 41.8 Å². The van der Waals surface area contributed by atoms with Gasteiger partial charge in [0.2, 0.25) is 11.8 Å². The standard InChI is InChI=1S/C21H25N3O2/c1-15-5-9-17(10-6-15)20(22)21(26)23-14-16-7-11-18(12-8-16)24-13-3-2-4-19(24)25/h5-12,20H,2-4,13-14,22H2,1H3,(H,23,26). The third kappa shape index (κ3) is 4.29. The number of nitrogens with one attached hydrogen (secondary N) is 1. The second-order valence-corrected chi connectivity index (χ2v) is 6.78. The molecular formula is C21H25N3O2. The van der Waals surface area contributed by atoms with Crippen molar-refractivity contribution >= 4 is 17.5 Å². The maximum absolute atomic E-state index is 12.3. The zero-order chi connectivity index (χ0) is 18.5. The SMILES string of the molecule is Cc1ccc(C(N)C(=O)NCc2ccc(N3CCCCC3=O)cc2)cc1. The van der Waals surface area contributed by atoms with Gasteiger partial charge in [0.05, 0.1) is 0 Å². The average Bonchev–Trinajstić information content (AvgIpc) is 2.67. The van der Waals surface area contributed by atoms with E-state index in [1.54, 1.807) is 0 Å². The normalized spacial score (nSPS) is 15.6. The van der Waals surface area contributed by atoms with Gasteiger partial charge < -0.3 is 16.0 Å². The van der Waals surface area contributed by atoms with Crippen LogP contribution in [0.2, 0.25) is 0 Å². The summed E-state index contributed by atoms with van der Waals surface area (Å²) in [6.45, 7) is 3.18. The lowest BCUT2D eigenvalue weighted by molar-refractivity contribution is -0.122. The number of carbonyl (C=O) groups is 2. The van der Waals surface area contributed by atoms with E-state index in [4.69, 9.17) is 5.73 Å². The molecule has 2 amide bonds. The molecule has 0 spiro atoms. The number of nitrogens with zero attached hydrogens (tertiary/aromatic N) is 1. The molecule has 1 aliphatic rings. The van der Waals surface area contributed by atoms with Crippen molar-refractivity contribution in [3.8, 4) is 0 Å². The minimum absolute atomic E-state index is 0.182. The summed E-state index contributed by atoms with van der Waals surface area (Å²) >= 11 is 0. The number of piperidine rings is 1. The van der Waals surface area contributed by atoms with Crippen LogP contribution in [0.1, 0.15) is 42.0 Å². The van der Waals surface area contributed by atoms with Gasteiger partial charge in [0.1, 0.15) is 6.04 Å². The molecule has 1 aliphatic heterocycles. The lowest BCUT2D eigenvalue weighted by Gasteiger charge is -2.26. The Morgan fingerprint density at radius 3 is 2.46 bits per heavy atom. The van der Waals surface area contributed by atoms with Crippen LogP contribution < -0.4 is 16.0 Å². The van der Waals surface area contributed by atoms with Crippen molar-refractivity contribution in [3.63, 3.8) is 0 Å². The molecule has 0 aromatic heterocycles. The Hall–Kier alpha value is -2.66. The fourth-order valence-corrected chi connectivity index (χ4v) is 3.10. The van der Waals surface area contributed by atoms with E-state index in [9.17, 15) is 9.59 Å². The molecule has 26 heavy (non-hydrogen) atoms. The van der Waals surface area contributed by atoms with Crippen molar-refractivity contribution in [1.29, 1.82) is 0 Å². The summed E-state index contributed by atoms with van der Waals surface area (Å²) in [4.78, 5) is 26.1. The van der Waals surface area contributed by atoms with Crippen LogP contribution >= 0.6 is 0 Å². The van der Waals surface area contributed by atoms with Crippen molar-refractivity contribution in [3.05, 3.63) is 65.2 Å².